The molecule has 0 unspecified atom stereocenters. The Morgan fingerprint density at radius 1 is 1.33 bits per heavy atom. The van der Waals surface area contributed by atoms with Crippen molar-refractivity contribution in [2.45, 2.75) is 45.1 Å². The Hall–Kier alpha value is -1.09. The van der Waals surface area contributed by atoms with E-state index in [0.717, 1.165) is 23.8 Å². The van der Waals surface area contributed by atoms with Gasteiger partial charge in [0.25, 0.3) is 0 Å². The van der Waals surface area contributed by atoms with Crippen molar-refractivity contribution in [3.8, 4) is 0 Å². The summed E-state index contributed by atoms with van der Waals surface area (Å²) in [5, 5.41) is 9.46. The van der Waals surface area contributed by atoms with Crippen molar-refractivity contribution in [2.75, 3.05) is 18.5 Å². The van der Waals surface area contributed by atoms with E-state index in [1.807, 2.05) is 12.1 Å². The Morgan fingerprint density at radius 2 is 2.06 bits per heavy atom. The molecule has 3 nitrogen and oxygen atoms in total. The summed E-state index contributed by atoms with van der Waals surface area (Å²) in [4.78, 5) is 6.67. The quantitative estimate of drug-likeness (QED) is 0.889. The summed E-state index contributed by atoms with van der Waals surface area (Å²) in [6.45, 7) is 2.86. The predicted molar refractivity (Wildman–Crippen MR) is 74.7 cm³/mol. The maximum absolute atomic E-state index is 9.46. The summed E-state index contributed by atoms with van der Waals surface area (Å²) in [7, 11) is 2.11. The number of aromatic nitrogens is 1. The molecule has 0 radical (unpaired) electrons. The minimum Gasteiger partial charge on any atom is -0.389 e. The molecule has 1 saturated carbocycles. The Kier molecular flexibility index (Phi) is 4.59. The third-order valence-electron chi connectivity index (χ3n) is 3.90. The fourth-order valence-corrected chi connectivity index (χ4v) is 2.72. The second-order valence-electron chi connectivity index (χ2n) is 5.51. The molecule has 1 heterocycles. The van der Waals surface area contributed by atoms with Crippen LogP contribution in [0.4, 0.5) is 5.82 Å². The zero-order valence-electron chi connectivity index (χ0n) is 11.5. The first-order valence-corrected chi connectivity index (χ1v) is 7.02. The van der Waals surface area contributed by atoms with Gasteiger partial charge in [0.05, 0.1) is 6.10 Å². The van der Waals surface area contributed by atoms with Gasteiger partial charge >= 0.3 is 0 Å². The average molecular weight is 248 g/mol. The van der Waals surface area contributed by atoms with Gasteiger partial charge in [-0.2, -0.15) is 0 Å². The minimum absolute atomic E-state index is 0.435. The van der Waals surface area contributed by atoms with Crippen LogP contribution in [0.1, 0.15) is 50.7 Å². The Morgan fingerprint density at radius 3 is 2.61 bits per heavy atom. The lowest BCUT2D eigenvalue weighted by Crippen LogP contribution is -2.27. The fraction of sp³-hybridized carbons (Fsp3) is 0.667. The molecule has 1 fully saturated rings. The minimum atomic E-state index is -0.435. The van der Waals surface area contributed by atoms with Gasteiger partial charge < -0.3 is 10.0 Å². The summed E-state index contributed by atoms with van der Waals surface area (Å²) < 4.78 is 0. The maximum atomic E-state index is 9.46. The van der Waals surface area contributed by atoms with Crippen molar-refractivity contribution in [3.63, 3.8) is 0 Å². The van der Waals surface area contributed by atoms with Crippen molar-refractivity contribution >= 4 is 5.82 Å². The number of nitrogens with zero attached hydrogens (tertiary/aromatic N) is 2. The van der Waals surface area contributed by atoms with Gasteiger partial charge in [0.1, 0.15) is 5.82 Å². The first-order valence-electron chi connectivity index (χ1n) is 7.02. The van der Waals surface area contributed by atoms with Crippen molar-refractivity contribution in [1.29, 1.82) is 0 Å². The lowest BCUT2D eigenvalue weighted by molar-refractivity contribution is 0.199. The average Bonchev–Trinajstić information content (AvgIpc) is 2.40. The summed E-state index contributed by atoms with van der Waals surface area (Å²) in [5.74, 6) is 1.83. The van der Waals surface area contributed by atoms with Crippen LogP contribution < -0.4 is 4.90 Å². The van der Waals surface area contributed by atoms with Gasteiger partial charge in [-0.25, -0.2) is 4.98 Å². The molecule has 0 aliphatic heterocycles. The largest absolute Gasteiger partial charge is 0.389 e. The van der Waals surface area contributed by atoms with Gasteiger partial charge in [-0.05, 0) is 37.3 Å². The molecular weight excluding hydrogens is 224 g/mol. The number of aliphatic hydroxyl groups excluding tert-OH is 1. The molecule has 0 amide bonds. The van der Waals surface area contributed by atoms with Crippen molar-refractivity contribution < 1.29 is 5.11 Å². The summed E-state index contributed by atoms with van der Waals surface area (Å²) in [6, 6.07) is 3.97. The van der Waals surface area contributed by atoms with Crippen LogP contribution >= 0.6 is 0 Å². The van der Waals surface area contributed by atoms with Gasteiger partial charge in [-0.15, -0.1) is 0 Å². The SMILES string of the molecule is C[C@@H](O)c1ccc(N(C)CC2CCCCC2)nc1. The van der Waals surface area contributed by atoms with E-state index >= 15 is 0 Å². The lowest BCUT2D eigenvalue weighted by atomic mass is 9.89. The second-order valence-corrected chi connectivity index (χ2v) is 5.51. The van der Waals surface area contributed by atoms with Gasteiger partial charge in [-0.3, -0.25) is 0 Å². The van der Waals surface area contributed by atoms with E-state index in [9.17, 15) is 5.11 Å². The highest BCUT2D eigenvalue weighted by Gasteiger charge is 2.16. The molecule has 1 aromatic heterocycles. The van der Waals surface area contributed by atoms with Crippen LogP contribution in [0.15, 0.2) is 18.3 Å². The van der Waals surface area contributed by atoms with Gasteiger partial charge in [-0.1, -0.05) is 25.3 Å². The monoisotopic (exact) mass is 248 g/mol. The van der Waals surface area contributed by atoms with Crippen LogP contribution in [-0.2, 0) is 0 Å². The van der Waals surface area contributed by atoms with Crippen molar-refractivity contribution in [2.24, 2.45) is 5.92 Å². The molecule has 1 aliphatic carbocycles. The first kappa shape index (κ1) is 13.3. The van der Waals surface area contributed by atoms with E-state index in [1.54, 1.807) is 13.1 Å². The molecule has 0 bridgehead atoms. The molecule has 0 spiro atoms. The molecule has 0 saturated heterocycles. The first-order chi connectivity index (χ1) is 8.66. The summed E-state index contributed by atoms with van der Waals surface area (Å²) >= 11 is 0. The highest BCUT2D eigenvalue weighted by molar-refractivity contribution is 5.38. The summed E-state index contributed by atoms with van der Waals surface area (Å²) in [6.07, 6.45) is 8.22. The predicted octanol–water partition coefficient (Wildman–Crippen LogP) is 3.15. The van der Waals surface area contributed by atoms with Crippen LogP contribution in [0.3, 0.4) is 0 Å². The molecule has 3 heteroatoms. The molecule has 18 heavy (non-hydrogen) atoms. The van der Waals surface area contributed by atoms with Crippen molar-refractivity contribution in [3.05, 3.63) is 23.9 Å². The highest BCUT2D eigenvalue weighted by atomic mass is 16.3. The van der Waals surface area contributed by atoms with E-state index < -0.39 is 6.10 Å². The van der Waals surface area contributed by atoms with E-state index in [2.05, 4.69) is 16.9 Å². The number of pyridine rings is 1. The van der Waals surface area contributed by atoms with Crippen LogP contribution in [0, 0.1) is 5.92 Å². The van der Waals surface area contributed by atoms with Gasteiger partial charge in [0.15, 0.2) is 0 Å². The number of hydrogen-bond acceptors (Lipinski definition) is 3. The molecule has 100 valence electrons. The summed E-state index contributed by atoms with van der Waals surface area (Å²) in [5.41, 5.74) is 0.879. The molecule has 1 aromatic rings. The second kappa shape index (κ2) is 6.19. The topological polar surface area (TPSA) is 36.4 Å². The standard InChI is InChI=1S/C15H24N2O/c1-12(18)14-8-9-15(16-10-14)17(2)11-13-6-4-3-5-7-13/h8-10,12-13,18H,3-7,11H2,1-2H3/t12-/m1/s1. The third-order valence-corrected chi connectivity index (χ3v) is 3.90. The molecule has 0 aromatic carbocycles. The fourth-order valence-electron chi connectivity index (χ4n) is 2.72. The number of aliphatic hydroxyl groups is 1. The van der Waals surface area contributed by atoms with Crippen LogP contribution in [0.5, 0.6) is 0 Å². The van der Waals surface area contributed by atoms with Crippen LogP contribution in [0.2, 0.25) is 0 Å². The van der Waals surface area contributed by atoms with Gasteiger partial charge in [0.2, 0.25) is 0 Å². The Balaban J connectivity index is 1.93. The van der Waals surface area contributed by atoms with Crippen molar-refractivity contribution in [1.82, 2.24) is 4.98 Å². The molecular formula is C15H24N2O. The zero-order valence-corrected chi connectivity index (χ0v) is 11.5. The maximum Gasteiger partial charge on any atom is 0.128 e. The van der Waals surface area contributed by atoms with Crippen LogP contribution in [-0.4, -0.2) is 23.7 Å². The lowest BCUT2D eigenvalue weighted by Gasteiger charge is -2.27. The normalized spacial score (nSPS) is 18.6. The number of rotatable bonds is 4. The number of anilines is 1. The van der Waals surface area contributed by atoms with E-state index in [-0.39, 0.29) is 0 Å². The Labute approximate surface area is 110 Å². The molecule has 1 atom stereocenters. The highest BCUT2D eigenvalue weighted by Crippen LogP contribution is 2.25. The zero-order chi connectivity index (χ0) is 13.0. The van der Waals surface area contributed by atoms with Gasteiger partial charge in [0, 0.05) is 19.8 Å². The molecule has 1 N–H and O–H groups in total. The van der Waals surface area contributed by atoms with Crippen LogP contribution in [0.25, 0.3) is 0 Å². The molecule has 1 aliphatic rings. The molecule has 2 rings (SSSR count). The number of hydrogen-bond donors (Lipinski definition) is 1. The van der Waals surface area contributed by atoms with E-state index in [0.29, 0.717) is 0 Å². The Bertz CT molecular complexity index is 355. The third kappa shape index (κ3) is 3.45. The smallest absolute Gasteiger partial charge is 0.128 e. The van der Waals surface area contributed by atoms with E-state index in [4.69, 9.17) is 0 Å². The van der Waals surface area contributed by atoms with E-state index in [1.165, 1.54) is 32.1 Å².